The van der Waals surface area contributed by atoms with Crippen molar-refractivity contribution < 1.29 is 14.6 Å². The molecule has 0 saturated heterocycles. The molecule has 1 amide bonds. The second kappa shape index (κ2) is 8.44. The van der Waals surface area contributed by atoms with Gasteiger partial charge in [0.2, 0.25) is 0 Å². The highest BCUT2D eigenvalue weighted by molar-refractivity contribution is 14.1. The summed E-state index contributed by atoms with van der Waals surface area (Å²) in [7, 11) is 0. The minimum absolute atomic E-state index is 0.0858. The number of aliphatic hydroxyl groups excluding tert-OH is 1. The van der Waals surface area contributed by atoms with Crippen molar-refractivity contribution in [1.82, 2.24) is 5.32 Å². The van der Waals surface area contributed by atoms with Gasteiger partial charge in [-0.25, -0.2) is 0 Å². The van der Waals surface area contributed by atoms with E-state index < -0.39 is 6.29 Å². The largest absolute Gasteiger partial charge is 0.368 e. The molecule has 0 fully saturated rings. The molecular formula is C13H18INO3. The summed E-state index contributed by atoms with van der Waals surface area (Å²) in [5.74, 6) is -0.0858. The number of carbonyl (C=O) groups excluding carboxylic acids is 1. The molecule has 0 radical (unpaired) electrons. The number of amides is 1. The van der Waals surface area contributed by atoms with Crippen LogP contribution < -0.4 is 5.32 Å². The van der Waals surface area contributed by atoms with Gasteiger partial charge < -0.3 is 15.2 Å². The lowest BCUT2D eigenvalue weighted by molar-refractivity contribution is -0.0989. The second-order valence-corrected chi connectivity index (χ2v) is 5.06. The number of ether oxygens (including phenoxy) is 1. The van der Waals surface area contributed by atoms with Crippen molar-refractivity contribution in [3.05, 3.63) is 33.4 Å². The van der Waals surface area contributed by atoms with Crippen LogP contribution in [0.1, 0.15) is 30.1 Å². The number of aliphatic hydroxyl groups is 1. The Labute approximate surface area is 121 Å². The van der Waals surface area contributed by atoms with Gasteiger partial charge in [0.05, 0.1) is 0 Å². The van der Waals surface area contributed by atoms with Gasteiger partial charge in [-0.1, -0.05) is 0 Å². The molecule has 1 atom stereocenters. The quantitative estimate of drug-likeness (QED) is 0.444. The fraction of sp³-hybridized carbons (Fsp3) is 0.462. The number of nitrogens with one attached hydrogen (secondary N) is 1. The van der Waals surface area contributed by atoms with Gasteiger partial charge in [-0.15, -0.1) is 0 Å². The molecule has 1 aromatic rings. The fourth-order valence-electron chi connectivity index (χ4n) is 1.46. The number of benzene rings is 1. The van der Waals surface area contributed by atoms with E-state index in [2.05, 4.69) is 27.9 Å². The van der Waals surface area contributed by atoms with E-state index in [0.717, 1.165) is 3.57 Å². The van der Waals surface area contributed by atoms with E-state index in [9.17, 15) is 9.90 Å². The molecule has 0 aliphatic carbocycles. The monoisotopic (exact) mass is 363 g/mol. The number of halogens is 1. The van der Waals surface area contributed by atoms with Gasteiger partial charge >= 0.3 is 0 Å². The number of hydrogen-bond acceptors (Lipinski definition) is 3. The van der Waals surface area contributed by atoms with E-state index in [1.54, 1.807) is 12.1 Å². The third-order valence-electron chi connectivity index (χ3n) is 2.38. The summed E-state index contributed by atoms with van der Waals surface area (Å²) in [4.78, 5) is 11.7. The zero-order valence-corrected chi connectivity index (χ0v) is 12.5. The standard InChI is InChI=1S/C13H18INO3/c1-2-18-12(16)4-3-9-15-13(17)10-5-7-11(14)8-6-10/h5-8,12,16H,2-4,9H2,1H3,(H,15,17). The molecular weight excluding hydrogens is 345 g/mol. The number of hydrogen-bond donors (Lipinski definition) is 2. The van der Waals surface area contributed by atoms with Crippen LogP contribution in [0.2, 0.25) is 0 Å². The fourth-order valence-corrected chi connectivity index (χ4v) is 1.82. The van der Waals surface area contributed by atoms with Crippen molar-refractivity contribution >= 4 is 28.5 Å². The highest BCUT2D eigenvalue weighted by Gasteiger charge is 2.06. The summed E-state index contributed by atoms with van der Waals surface area (Å²) in [5, 5.41) is 12.1. The van der Waals surface area contributed by atoms with Crippen LogP contribution in [0.3, 0.4) is 0 Å². The number of carbonyl (C=O) groups is 1. The van der Waals surface area contributed by atoms with Gasteiger partial charge in [-0.2, -0.15) is 0 Å². The number of rotatable bonds is 7. The molecule has 4 nitrogen and oxygen atoms in total. The maximum absolute atomic E-state index is 11.7. The minimum atomic E-state index is -0.731. The van der Waals surface area contributed by atoms with Crippen LogP contribution in [0.15, 0.2) is 24.3 Å². The Morgan fingerprint density at radius 2 is 2.11 bits per heavy atom. The van der Waals surface area contributed by atoms with Crippen LogP contribution in [0.25, 0.3) is 0 Å². The van der Waals surface area contributed by atoms with E-state index in [4.69, 9.17) is 4.74 Å². The highest BCUT2D eigenvalue weighted by atomic mass is 127. The molecule has 100 valence electrons. The molecule has 0 aromatic heterocycles. The Balaban J connectivity index is 2.23. The predicted octanol–water partition coefficient (Wildman–Crippen LogP) is 2.16. The average Bonchev–Trinajstić information content (AvgIpc) is 2.35. The van der Waals surface area contributed by atoms with Crippen LogP contribution in [-0.2, 0) is 4.74 Å². The first kappa shape index (κ1) is 15.4. The third-order valence-corrected chi connectivity index (χ3v) is 3.10. The smallest absolute Gasteiger partial charge is 0.251 e. The molecule has 2 N–H and O–H groups in total. The summed E-state index contributed by atoms with van der Waals surface area (Å²) in [6.45, 7) is 2.87. The summed E-state index contributed by atoms with van der Waals surface area (Å²) < 4.78 is 6.09. The Kier molecular flexibility index (Phi) is 7.22. The van der Waals surface area contributed by atoms with Gasteiger partial charge in [0.1, 0.15) is 0 Å². The van der Waals surface area contributed by atoms with Crippen molar-refractivity contribution in [1.29, 1.82) is 0 Å². The molecule has 1 aromatic carbocycles. The lowest BCUT2D eigenvalue weighted by atomic mass is 10.2. The van der Waals surface area contributed by atoms with Crippen LogP contribution in [0.4, 0.5) is 0 Å². The molecule has 0 spiro atoms. The van der Waals surface area contributed by atoms with Crippen molar-refractivity contribution in [3.63, 3.8) is 0 Å². The Bertz CT molecular complexity index is 367. The minimum Gasteiger partial charge on any atom is -0.368 e. The molecule has 0 aliphatic heterocycles. The summed E-state index contributed by atoms with van der Waals surface area (Å²) >= 11 is 2.20. The van der Waals surface area contributed by atoms with E-state index >= 15 is 0 Å². The molecule has 5 heteroatoms. The SMILES string of the molecule is CCOC(O)CCCNC(=O)c1ccc(I)cc1. The maximum Gasteiger partial charge on any atom is 0.251 e. The van der Waals surface area contributed by atoms with Crippen molar-refractivity contribution in [2.45, 2.75) is 26.1 Å². The van der Waals surface area contributed by atoms with Crippen LogP contribution in [0.5, 0.6) is 0 Å². The molecule has 18 heavy (non-hydrogen) atoms. The van der Waals surface area contributed by atoms with E-state index in [1.807, 2.05) is 19.1 Å². The Morgan fingerprint density at radius 1 is 1.44 bits per heavy atom. The second-order valence-electron chi connectivity index (χ2n) is 3.82. The van der Waals surface area contributed by atoms with E-state index in [-0.39, 0.29) is 5.91 Å². The predicted molar refractivity (Wildman–Crippen MR) is 78.4 cm³/mol. The zero-order valence-electron chi connectivity index (χ0n) is 10.4. The van der Waals surface area contributed by atoms with Crippen LogP contribution >= 0.6 is 22.6 Å². The highest BCUT2D eigenvalue weighted by Crippen LogP contribution is 2.06. The third kappa shape index (κ3) is 5.79. The van der Waals surface area contributed by atoms with Crippen molar-refractivity contribution in [3.8, 4) is 0 Å². The molecule has 0 bridgehead atoms. The lowest BCUT2D eigenvalue weighted by Crippen LogP contribution is -2.25. The van der Waals surface area contributed by atoms with E-state index in [1.165, 1.54) is 0 Å². The average molecular weight is 363 g/mol. The van der Waals surface area contributed by atoms with Crippen LogP contribution in [0, 0.1) is 3.57 Å². The van der Waals surface area contributed by atoms with Gasteiger partial charge in [0.25, 0.3) is 5.91 Å². The first-order valence-electron chi connectivity index (χ1n) is 5.97. The zero-order chi connectivity index (χ0) is 13.4. The maximum atomic E-state index is 11.7. The normalized spacial score (nSPS) is 12.2. The first-order chi connectivity index (χ1) is 8.63. The molecule has 0 heterocycles. The molecule has 1 unspecified atom stereocenters. The van der Waals surface area contributed by atoms with Gasteiger partial charge in [0, 0.05) is 22.3 Å². The topological polar surface area (TPSA) is 58.6 Å². The van der Waals surface area contributed by atoms with Gasteiger partial charge in [0.15, 0.2) is 6.29 Å². The molecule has 1 rings (SSSR count). The molecule has 0 aliphatic rings. The van der Waals surface area contributed by atoms with E-state index in [0.29, 0.717) is 31.6 Å². The summed E-state index contributed by atoms with van der Waals surface area (Å²) in [6.07, 6.45) is 0.489. The van der Waals surface area contributed by atoms with Crippen molar-refractivity contribution in [2.75, 3.05) is 13.2 Å². The van der Waals surface area contributed by atoms with Crippen molar-refractivity contribution in [2.24, 2.45) is 0 Å². The Hall–Kier alpha value is -0.660. The summed E-state index contributed by atoms with van der Waals surface area (Å²) in [5.41, 5.74) is 0.653. The summed E-state index contributed by atoms with van der Waals surface area (Å²) in [6, 6.07) is 7.39. The Morgan fingerprint density at radius 3 is 2.72 bits per heavy atom. The lowest BCUT2D eigenvalue weighted by Gasteiger charge is -2.10. The molecule has 0 saturated carbocycles. The van der Waals surface area contributed by atoms with Gasteiger partial charge in [-0.3, -0.25) is 4.79 Å². The van der Waals surface area contributed by atoms with Crippen LogP contribution in [-0.4, -0.2) is 30.5 Å². The van der Waals surface area contributed by atoms with Gasteiger partial charge in [-0.05, 0) is 66.6 Å². The first-order valence-corrected chi connectivity index (χ1v) is 7.04.